The normalized spacial score (nSPS) is 14.3. The van der Waals surface area contributed by atoms with Gasteiger partial charge in [0, 0.05) is 5.56 Å². The first-order chi connectivity index (χ1) is 17.7. The van der Waals surface area contributed by atoms with Gasteiger partial charge in [-0.1, -0.05) is 53.2 Å². The summed E-state index contributed by atoms with van der Waals surface area (Å²) in [4.78, 5) is 25.9. The number of hydrazine groups is 1. The minimum absolute atomic E-state index is 0.121. The zero-order valence-corrected chi connectivity index (χ0v) is 23.6. The predicted molar refractivity (Wildman–Crippen MR) is 150 cm³/mol. The molecule has 3 aromatic rings. The van der Waals surface area contributed by atoms with E-state index in [0.717, 1.165) is 16.8 Å². The fourth-order valence-electron chi connectivity index (χ4n) is 3.30. The smallest absolute Gasteiger partial charge is 0.285 e. The first kappa shape index (κ1) is 27.4. The number of hydrogen-bond donors (Lipinski definition) is 1. The van der Waals surface area contributed by atoms with Gasteiger partial charge in [-0.05, 0) is 76.2 Å². The van der Waals surface area contributed by atoms with Gasteiger partial charge >= 0.3 is 0 Å². The maximum absolute atomic E-state index is 14.1. The molecule has 190 valence electrons. The number of amides is 2. The summed E-state index contributed by atoms with van der Waals surface area (Å²) in [6.07, 6.45) is 1.60. The second-order valence-corrected chi connectivity index (χ2v) is 10.8. The van der Waals surface area contributed by atoms with Crippen LogP contribution in [0.25, 0.3) is 6.08 Å². The van der Waals surface area contributed by atoms with Gasteiger partial charge in [0.1, 0.15) is 12.4 Å². The van der Waals surface area contributed by atoms with Crippen molar-refractivity contribution in [2.75, 3.05) is 7.11 Å². The van der Waals surface area contributed by atoms with Crippen molar-refractivity contribution in [1.29, 1.82) is 0 Å². The molecule has 0 radical (unpaired) electrons. The number of hydrogen-bond acceptors (Lipinski definition) is 6. The molecule has 1 fully saturated rings. The highest BCUT2D eigenvalue weighted by molar-refractivity contribution is 9.10. The lowest BCUT2D eigenvalue weighted by atomic mass is 10.1. The molecule has 1 heterocycles. The molecule has 6 nitrogen and oxygen atoms in total. The van der Waals surface area contributed by atoms with Crippen LogP contribution in [-0.4, -0.2) is 28.3 Å². The number of benzene rings is 3. The van der Waals surface area contributed by atoms with Crippen molar-refractivity contribution in [3.8, 4) is 11.5 Å². The Morgan fingerprint density at radius 3 is 2.62 bits per heavy atom. The van der Waals surface area contributed by atoms with E-state index in [2.05, 4.69) is 21.4 Å². The van der Waals surface area contributed by atoms with Gasteiger partial charge in [-0.15, -0.1) is 0 Å². The summed E-state index contributed by atoms with van der Waals surface area (Å²) < 4.78 is 26.0. The van der Waals surface area contributed by atoms with E-state index in [4.69, 9.17) is 44.9 Å². The number of methoxy groups -OCH3 is 1. The molecule has 12 heteroatoms. The number of nitrogens with one attached hydrogen (secondary N) is 1. The lowest BCUT2D eigenvalue weighted by Crippen LogP contribution is -2.44. The van der Waals surface area contributed by atoms with Crippen molar-refractivity contribution < 1.29 is 23.5 Å². The lowest BCUT2D eigenvalue weighted by molar-refractivity contribution is -0.123. The second kappa shape index (κ2) is 11.8. The Hall–Kier alpha value is -2.63. The van der Waals surface area contributed by atoms with Crippen LogP contribution in [0, 0.1) is 5.82 Å². The van der Waals surface area contributed by atoms with Crippen LogP contribution < -0.4 is 14.9 Å². The third-order valence-electron chi connectivity index (χ3n) is 5.10. The quantitative estimate of drug-likeness (QED) is 0.221. The molecular weight excluding hydrogens is 626 g/mol. The van der Waals surface area contributed by atoms with E-state index in [1.807, 2.05) is 0 Å². The zero-order chi connectivity index (χ0) is 26.7. The minimum atomic E-state index is -0.566. The Morgan fingerprint density at radius 2 is 1.92 bits per heavy atom. The van der Waals surface area contributed by atoms with Crippen molar-refractivity contribution in [3.63, 3.8) is 0 Å². The van der Waals surface area contributed by atoms with Gasteiger partial charge in [0.05, 0.1) is 32.1 Å². The summed E-state index contributed by atoms with van der Waals surface area (Å²) in [5.41, 5.74) is 3.52. The number of carbonyl (C=O) groups excluding carboxylic acids is 2. The Balaban J connectivity index is 1.54. The van der Waals surface area contributed by atoms with E-state index in [1.54, 1.807) is 48.5 Å². The molecule has 1 N–H and O–H groups in total. The SMILES string of the molecule is COc1cc(/C=C2/SC(=S)N(NC(=O)c3ccccc3Cl)C2=O)cc(Br)c1OCc1c(F)cccc1Cl. The molecule has 2 amide bonds. The van der Waals surface area contributed by atoms with Gasteiger partial charge in [-0.25, -0.2) is 4.39 Å². The van der Waals surface area contributed by atoms with E-state index in [9.17, 15) is 14.0 Å². The first-order valence-corrected chi connectivity index (χ1v) is 13.2. The van der Waals surface area contributed by atoms with Crippen molar-refractivity contribution in [2.45, 2.75) is 6.61 Å². The van der Waals surface area contributed by atoms with Crippen LogP contribution >= 0.6 is 63.1 Å². The molecule has 4 rings (SSSR count). The van der Waals surface area contributed by atoms with E-state index >= 15 is 0 Å². The highest BCUT2D eigenvalue weighted by Gasteiger charge is 2.34. The molecule has 0 aliphatic carbocycles. The standard InChI is InChI=1S/C25H16BrCl2FN2O4S2/c1-34-20-10-13(9-16(26)22(20)35-12-15-18(28)7-4-8-19(15)29)11-21-24(33)31(25(36)37-21)30-23(32)14-5-2-3-6-17(14)27/h2-11H,12H2,1H3,(H,30,32)/b21-11+. The Kier molecular flexibility index (Phi) is 8.76. The fraction of sp³-hybridized carbons (Fsp3) is 0.0800. The van der Waals surface area contributed by atoms with Gasteiger partial charge in [0.25, 0.3) is 11.8 Å². The van der Waals surface area contributed by atoms with Crippen LogP contribution in [0.1, 0.15) is 21.5 Å². The van der Waals surface area contributed by atoms with Crippen LogP contribution in [0.5, 0.6) is 11.5 Å². The molecule has 3 aromatic carbocycles. The molecular formula is C25H16BrCl2FN2O4S2. The van der Waals surface area contributed by atoms with Gasteiger partial charge in [-0.2, -0.15) is 5.01 Å². The fourth-order valence-corrected chi connectivity index (χ4v) is 5.49. The molecule has 0 unspecified atom stereocenters. The molecule has 1 aliphatic rings. The number of thioether (sulfide) groups is 1. The van der Waals surface area contributed by atoms with Crippen LogP contribution in [0.3, 0.4) is 0 Å². The van der Waals surface area contributed by atoms with Crippen LogP contribution in [0.15, 0.2) is 64.0 Å². The maximum Gasteiger partial charge on any atom is 0.285 e. The first-order valence-electron chi connectivity index (χ1n) is 10.5. The maximum atomic E-state index is 14.1. The molecule has 0 saturated carbocycles. The largest absolute Gasteiger partial charge is 0.493 e. The van der Waals surface area contributed by atoms with Crippen LogP contribution in [0.2, 0.25) is 10.0 Å². The number of ether oxygens (including phenoxy) is 2. The number of carbonyl (C=O) groups is 2. The summed E-state index contributed by atoms with van der Waals surface area (Å²) >= 11 is 21.9. The van der Waals surface area contributed by atoms with Crippen LogP contribution in [0.4, 0.5) is 4.39 Å². The third kappa shape index (κ3) is 6.10. The van der Waals surface area contributed by atoms with Crippen LogP contribution in [-0.2, 0) is 11.4 Å². The van der Waals surface area contributed by atoms with Crippen molar-refractivity contribution in [1.82, 2.24) is 10.4 Å². The summed E-state index contributed by atoms with van der Waals surface area (Å²) in [6.45, 7) is -0.121. The Labute approximate surface area is 239 Å². The Bertz CT molecular complexity index is 1430. The number of halogens is 4. The topological polar surface area (TPSA) is 67.9 Å². The average Bonchev–Trinajstić information content (AvgIpc) is 3.11. The van der Waals surface area contributed by atoms with Crippen molar-refractivity contribution in [2.24, 2.45) is 0 Å². The molecule has 0 atom stereocenters. The Morgan fingerprint density at radius 1 is 1.19 bits per heavy atom. The molecule has 1 aliphatic heterocycles. The van der Waals surface area contributed by atoms with Gasteiger partial charge in [-0.3, -0.25) is 15.0 Å². The highest BCUT2D eigenvalue weighted by Crippen LogP contribution is 2.40. The molecule has 0 aromatic heterocycles. The number of nitrogens with zero attached hydrogens (tertiary/aromatic N) is 1. The van der Waals surface area contributed by atoms with Crippen molar-refractivity contribution >= 4 is 85.3 Å². The summed E-state index contributed by atoms with van der Waals surface area (Å²) in [5, 5.41) is 1.49. The third-order valence-corrected chi connectivity index (χ3v) is 7.67. The van der Waals surface area contributed by atoms with Crippen molar-refractivity contribution in [3.05, 3.63) is 96.5 Å². The predicted octanol–water partition coefficient (Wildman–Crippen LogP) is 7.03. The van der Waals surface area contributed by atoms with Gasteiger partial charge < -0.3 is 9.47 Å². The minimum Gasteiger partial charge on any atom is -0.493 e. The summed E-state index contributed by atoms with van der Waals surface area (Å²) in [6, 6.07) is 14.2. The van der Waals surface area contributed by atoms with Gasteiger partial charge in [0.2, 0.25) is 0 Å². The zero-order valence-electron chi connectivity index (χ0n) is 18.9. The van der Waals surface area contributed by atoms with Gasteiger partial charge in [0.15, 0.2) is 15.8 Å². The summed E-state index contributed by atoms with van der Waals surface area (Å²) in [7, 11) is 1.46. The second-order valence-electron chi connectivity index (χ2n) is 7.46. The molecule has 0 spiro atoms. The number of rotatable bonds is 7. The van der Waals surface area contributed by atoms with E-state index in [0.29, 0.717) is 21.5 Å². The number of thiocarbonyl (C=S) groups is 1. The highest BCUT2D eigenvalue weighted by atomic mass is 79.9. The van der Waals surface area contributed by atoms with E-state index in [1.165, 1.54) is 19.2 Å². The molecule has 1 saturated heterocycles. The lowest BCUT2D eigenvalue weighted by Gasteiger charge is -2.16. The summed E-state index contributed by atoms with van der Waals surface area (Å²) in [5.74, 6) is -0.874. The molecule has 37 heavy (non-hydrogen) atoms. The monoisotopic (exact) mass is 640 g/mol. The molecule has 0 bridgehead atoms. The van der Waals surface area contributed by atoms with E-state index in [-0.39, 0.29) is 37.0 Å². The van der Waals surface area contributed by atoms with E-state index < -0.39 is 17.6 Å². The average molecular weight is 642 g/mol.